The Morgan fingerprint density at radius 3 is 2.42 bits per heavy atom. The third-order valence-corrected chi connectivity index (χ3v) is 7.37. The predicted molar refractivity (Wildman–Crippen MR) is 120 cm³/mol. The number of amides is 2. The molecule has 7 heteroatoms. The van der Waals surface area contributed by atoms with Crippen molar-refractivity contribution in [3.05, 3.63) is 30.6 Å². The van der Waals surface area contributed by atoms with Gasteiger partial charge >= 0.3 is 0 Å². The van der Waals surface area contributed by atoms with Crippen LogP contribution in [0, 0.1) is 5.92 Å². The zero-order chi connectivity index (χ0) is 21.4. The van der Waals surface area contributed by atoms with Gasteiger partial charge in [0.1, 0.15) is 6.04 Å². The van der Waals surface area contributed by atoms with Gasteiger partial charge in [-0.05, 0) is 70.7 Å². The third kappa shape index (κ3) is 4.33. The van der Waals surface area contributed by atoms with Gasteiger partial charge in [0.15, 0.2) is 0 Å². The SMILES string of the molecule is C[C@H](C(=O)N1CCC(N2CCC(C(=O)NC3CC3)CC2)CC1)n1cnc2ccccc21. The first-order valence-electron chi connectivity index (χ1n) is 11.8. The highest BCUT2D eigenvalue weighted by Gasteiger charge is 2.34. The van der Waals surface area contributed by atoms with E-state index in [0.717, 1.165) is 75.7 Å². The molecule has 1 aromatic carbocycles. The molecular weight excluding hydrogens is 390 g/mol. The molecule has 0 bridgehead atoms. The average molecular weight is 424 g/mol. The van der Waals surface area contributed by atoms with Crippen LogP contribution in [0.25, 0.3) is 11.0 Å². The van der Waals surface area contributed by atoms with Gasteiger partial charge in [-0.3, -0.25) is 9.59 Å². The van der Waals surface area contributed by atoms with E-state index in [1.165, 1.54) is 0 Å². The van der Waals surface area contributed by atoms with Crippen LogP contribution in [0.3, 0.4) is 0 Å². The van der Waals surface area contributed by atoms with Crippen molar-refractivity contribution in [1.29, 1.82) is 0 Å². The number of hydrogen-bond donors (Lipinski definition) is 1. The van der Waals surface area contributed by atoms with Crippen molar-refractivity contribution in [3.8, 4) is 0 Å². The molecule has 2 amide bonds. The quantitative estimate of drug-likeness (QED) is 0.803. The summed E-state index contributed by atoms with van der Waals surface area (Å²) in [5.74, 6) is 0.630. The minimum Gasteiger partial charge on any atom is -0.353 e. The van der Waals surface area contributed by atoms with Crippen LogP contribution in [-0.2, 0) is 9.59 Å². The lowest BCUT2D eigenvalue weighted by molar-refractivity contribution is -0.136. The van der Waals surface area contributed by atoms with Crippen LogP contribution >= 0.6 is 0 Å². The number of likely N-dealkylation sites (tertiary alicyclic amines) is 2. The first-order valence-corrected chi connectivity index (χ1v) is 11.8. The molecule has 2 aliphatic heterocycles. The number of fused-ring (bicyclic) bond motifs is 1. The number of carbonyl (C=O) groups excluding carboxylic acids is 2. The fourth-order valence-electron chi connectivity index (χ4n) is 5.20. The third-order valence-electron chi connectivity index (χ3n) is 7.37. The van der Waals surface area contributed by atoms with Crippen LogP contribution in [-0.4, -0.2) is 69.4 Å². The molecule has 0 unspecified atom stereocenters. The molecule has 2 saturated heterocycles. The first kappa shape index (κ1) is 20.5. The average Bonchev–Trinajstić information content (AvgIpc) is 3.53. The Morgan fingerprint density at radius 1 is 1.00 bits per heavy atom. The van der Waals surface area contributed by atoms with Gasteiger partial charge in [0, 0.05) is 31.1 Å². The second kappa shape index (κ2) is 8.61. The first-order chi connectivity index (χ1) is 15.1. The molecule has 3 heterocycles. The Kier molecular flexibility index (Phi) is 5.69. The molecule has 1 aromatic heterocycles. The molecule has 5 rings (SSSR count). The van der Waals surface area contributed by atoms with Gasteiger partial charge in [0.25, 0.3) is 0 Å². The maximum absolute atomic E-state index is 13.2. The minimum absolute atomic E-state index is 0.178. The van der Waals surface area contributed by atoms with Gasteiger partial charge in [-0.15, -0.1) is 0 Å². The summed E-state index contributed by atoms with van der Waals surface area (Å²) in [5.41, 5.74) is 1.93. The van der Waals surface area contributed by atoms with Gasteiger partial charge in [-0.1, -0.05) is 12.1 Å². The summed E-state index contributed by atoms with van der Waals surface area (Å²) in [6.07, 6.45) is 8.04. The van der Waals surface area contributed by atoms with Crippen LogP contribution in [0.4, 0.5) is 0 Å². The summed E-state index contributed by atoms with van der Waals surface area (Å²) < 4.78 is 1.99. The number of aromatic nitrogens is 2. The van der Waals surface area contributed by atoms with Crippen LogP contribution < -0.4 is 5.32 Å². The van der Waals surface area contributed by atoms with Crippen molar-refractivity contribution < 1.29 is 9.59 Å². The second-order valence-corrected chi connectivity index (χ2v) is 9.47. The van der Waals surface area contributed by atoms with Crippen LogP contribution in [0.1, 0.15) is 51.5 Å². The van der Waals surface area contributed by atoms with Crippen molar-refractivity contribution in [1.82, 2.24) is 24.7 Å². The molecule has 2 aromatic rings. The number of hydrogen-bond acceptors (Lipinski definition) is 4. The van der Waals surface area contributed by atoms with Crippen molar-refractivity contribution >= 4 is 22.8 Å². The van der Waals surface area contributed by atoms with Crippen molar-refractivity contribution in [2.75, 3.05) is 26.2 Å². The highest BCUT2D eigenvalue weighted by molar-refractivity contribution is 5.83. The van der Waals surface area contributed by atoms with Crippen LogP contribution in [0.15, 0.2) is 30.6 Å². The normalized spacial score (nSPS) is 22.5. The number of rotatable bonds is 5. The number of carbonyl (C=O) groups is 2. The molecule has 3 aliphatic rings. The van der Waals surface area contributed by atoms with E-state index >= 15 is 0 Å². The molecule has 31 heavy (non-hydrogen) atoms. The summed E-state index contributed by atoms with van der Waals surface area (Å²) in [7, 11) is 0. The zero-order valence-electron chi connectivity index (χ0n) is 18.4. The lowest BCUT2D eigenvalue weighted by Gasteiger charge is -2.42. The molecule has 1 N–H and O–H groups in total. The summed E-state index contributed by atoms with van der Waals surface area (Å²) >= 11 is 0. The van der Waals surface area contributed by atoms with E-state index in [1.807, 2.05) is 40.7 Å². The van der Waals surface area contributed by atoms with E-state index < -0.39 is 0 Å². The van der Waals surface area contributed by atoms with E-state index in [2.05, 4.69) is 15.2 Å². The molecule has 0 spiro atoms. The fourth-order valence-corrected chi connectivity index (χ4v) is 5.20. The Hall–Kier alpha value is -2.41. The lowest BCUT2D eigenvalue weighted by atomic mass is 9.92. The molecule has 1 atom stereocenters. The lowest BCUT2D eigenvalue weighted by Crippen LogP contribution is -2.51. The van der Waals surface area contributed by atoms with Gasteiger partial charge in [-0.2, -0.15) is 0 Å². The van der Waals surface area contributed by atoms with E-state index in [0.29, 0.717) is 12.1 Å². The Balaban J connectivity index is 1.12. The Morgan fingerprint density at radius 2 is 1.71 bits per heavy atom. The van der Waals surface area contributed by atoms with Crippen LogP contribution in [0.2, 0.25) is 0 Å². The van der Waals surface area contributed by atoms with Crippen molar-refractivity contribution in [2.24, 2.45) is 5.92 Å². The predicted octanol–water partition coefficient (Wildman–Crippen LogP) is 2.58. The molecule has 7 nitrogen and oxygen atoms in total. The summed E-state index contributed by atoms with van der Waals surface area (Å²) in [6, 6.07) is 8.70. The maximum Gasteiger partial charge on any atom is 0.245 e. The Labute approximate surface area is 183 Å². The number of piperidine rings is 2. The summed E-state index contributed by atoms with van der Waals surface area (Å²) in [4.78, 5) is 34.5. The zero-order valence-corrected chi connectivity index (χ0v) is 18.4. The van der Waals surface area contributed by atoms with E-state index in [9.17, 15) is 9.59 Å². The number of imidazole rings is 1. The van der Waals surface area contributed by atoms with Crippen molar-refractivity contribution in [2.45, 2.75) is 63.6 Å². The van der Waals surface area contributed by atoms with Crippen LogP contribution in [0.5, 0.6) is 0 Å². The molecular formula is C24H33N5O2. The number of benzene rings is 1. The minimum atomic E-state index is -0.246. The summed E-state index contributed by atoms with van der Waals surface area (Å²) in [6.45, 7) is 5.59. The second-order valence-electron chi connectivity index (χ2n) is 9.47. The van der Waals surface area contributed by atoms with Gasteiger partial charge in [-0.25, -0.2) is 4.98 Å². The van der Waals surface area contributed by atoms with Gasteiger partial charge in [0.05, 0.1) is 17.4 Å². The highest BCUT2D eigenvalue weighted by Crippen LogP contribution is 2.27. The van der Waals surface area contributed by atoms with E-state index in [4.69, 9.17) is 0 Å². The Bertz CT molecular complexity index is 936. The van der Waals surface area contributed by atoms with Gasteiger partial charge in [0.2, 0.25) is 11.8 Å². The molecule has 3 fully saturated rings. The monoisotopic (exact) mass is 423 g/mol. The number of nitrogens with one attached hydrogen (secondary N) is 1. The molecule has 0 radical (unpaired) electrons. The van der Waals surface area contributed by atoms with E-state index in [-0.39, 0.29) is 23.8 Å². The molecule has 166 valence electrons. The van der Waals surface area contributed by atoms with Gasteiger partial charge < -0.3 is 19.7 Å². The number of nitrogens with zero attached hydrogens (tertiary/aromatic N) is 4. The highest BCUT2D eigenvalue weighted by atomic mass is 16.2. The maximum atomic E-state index is 13.2. The summed E-state index contributed by atoms with van der Waals surface area (Å²) in [5, 5.41) is 3.16. The largest absolute Gasteiger partial charge is 0.353 e. The number of para-hydroxylation sites is 2. The fraction of sp³-hybridized carbons (Fsp3) is 0.625. The van der Waals surface area contributed by atoms with E-state index in [1.54, 1.807) is 6.33 Å². The topological polar surface area (TPSA) is 70.5 Å². The van der Waals surface area contributed by atoms with Crippen molar-refractivity contribution in [3.63, 3.8) is 0 Å². The molecule has 1 saturated carbocycles. The smallest absolute Gasteiger partial charge is 0.245 e. The standard InChI is InChI=1S/C24H33N5O2/c1-17(29-16-25-21-4-2-3-5-22(21)29)24(31)28-14-10-20(11-15-28)27-12-8-18(9-13-27)23(30)26-19-6-7-19/h2-5,16-20H,6-15H2,1H3,(H,26,30)/t17-/m1/s1. The molecule has 1 aliphatic carbocycles.